The van der Waals surface area contributed by atoms with Crippen molar-refractivity contribution in [2.24, 2.45) is 16.6 Å². The lowest BCUT2D eigenvalue weighted by Gasteiger charge is -2.04. The van der Waals surface area contributed by atoms with E-state index < -0.39 is 0 Å². The lowest BCUT2D eigenvalue weighted by Crippen LogP contribution is -2.29. The van der Waals surface area contributed by atoms with E-state index in [-0.39, 0.29) is 6.04 Å². The van der Waals surface area contributed by atoms with Crippen molar-refractivity contribution in [2.75, 3.05) is 6.54 Å². The van der Waals surface area contributed by atoms with Gasteiger partial charge in [-0.25, -0.2) is 0 Å². The van der Waals surface area contributed by atoms with E-state index in [4.69, 9.17) is 11.5 Å². The lowest BCUT2D eigenvalue weighted by molar-refractivity contribution is 0.584. The van der Waals surface area contributed by atoms with Gasteiger partial charge in [0.2, 0.25) is 0 Å². The zero-order chi connectivity index (χ0) is 6.41. The van der Waals surface area contributed by atoms with Crippen LogP contribution in [0.25, 0.3) is 0 Å². The van der Waals surface area contributed by atoms with Gasteiger partial charge in [0, 0.05) is 6.54 Å². The average Bonchev–Trinajstić information content (AvgIpc) is 1.83. The first kappa shape index (κ1) is 7.23. The van der Waals surface area contributed by atoms with Crippen molar-refractivity contribution in [3.63, 3.8) is 0 Å². The fourth-order valence-corrected chi connectivity index (χ4v) is 0.223. The molecule has 5 N–H and O–H groups in total. The predicted molar refractivity (Wildman–Crippen MR) is 34.3 cm³/mol. The number of nitrogens with zero attached hydrogens (tertiary/aromatic N) is 1. The Morgan fingerprint density at radius 2 is 2.50 bits per heavy atom. The van der Waals surface area contributed by atoms with Crippen LogP contribution in [0.3, 0.4) is 0 Å². The topological polar surface area (TPSA) is 76.4 Å². The Labute approximate surface area is 48.9 Å². The molecule has 0 rings (SSSR count). The molecule has 0 aliphatic heterocycles. The molecule has 4 nitrogen and oxygen atoms in total. The van der Waals surface area contributed by atoms with Crippen LogP contribution in [0.5, 0.6) is 0 Å². The molecule has 0 bridgehead atoms. The van der Waals surface area contributed by atoms with Gasteiger partial charge in [0.15, 0.2) is 0 Å². The minimum Gasteiger partial charge on any atom is -0.388 e. The van der Waals surface area contributed by atoms with Gasteiger partial charge in [0.1, 0.15) is 6.34 Å². The molecule has 4 heteroatoms. The van der Waals surface area contributed by atoms with E-state index in [9.17, 15) is 0 Å². The fourth-order valence-electron chi connectivity index (χ4n) is 0.223. The first-order valence-electron chi connectivity index (χ1n) is 2.50. The second-order valence-electron chi connectivity index (χ2n) is 1.54. The summed E-state index contributed by atoms with van der Waals surface area (Å²) >= 11 is 0. The highest BCUT2D eigenvalue weighted by atomic mass is 15.3. The molecule has 1 atom stereocenters. The first-order chi connectivity index (χ1) is 3.81. The monoisotopic (exact) mass is 116 g/mol. The van der Waals surface area contributed by atoms with Gasteiger partial charge in [-0.3, -0.25) is 0 Å². The van der Waals surface area contributed by atoms with Gasteiger partial charge in [0.05, 0.1) is 6.04 Å². The van der Waals surface area contributed by atoms with Crippen LogP contribution in [0.15, 0.2) is 5.10 Å². The van der Waals surface area contributed by atoms with Crippen molar-refractivity contribution in [1.82, 2.24) is 5.43 Å². The van der Waals surface area contributed by atoms with Crippen LogP contribution in [0, 0.1) is 0 Å². The molecule has 0 aliphatic rings. The Kier molecular flexibility index (Phi) is 3.97. The van der Waals surface area contributed by atoms with E-state index in [0.29, 0.717) is 6.54 Å². The second-order valence-corrected chi connectivity index (χ2v) is 1.54. The molecule has 0 saturated carbocycles. The number of rotatable bonds is 3. The molecule has 1 unspecified atom stereocenters. The molecule has 0 aromatic rings. The summed E-state index contributed by atoms with van der Waals surface area (Å²) in [6, 6.07) is 0.204. The van der Waals surface area contributed by atoms with Crippen LogP contribution >= 0.6 is 0 Å². The molecule has 0 spiro atoms. The molecule has 0 heterocycles. The van der Waals surface area contributed by atoms with Crippen LogP contribution < -0.4 is 16.9 Å². The van der Waals surface area contributed by atoms with E-state index in [2.05, 4.69) is 10.5 Å². The molecule has 0 radical (unpaired) electrons. The standard InChI is InChI=1S/C4H12N4/c1-4(2-5)8-7-3-6/h3-4,8H,2,5H2,1H3,(H2,6,7). The van der Waals surface area contributed by atoms with E-state index in [1.54, 1.807) is 0 Å². The van der Waals surface area contributed by atoms with Crippen molar-refractivity contribution in [3.05, 3.63) is 0 Å². The van der Waals surface area contributed by atoms with E-state index >= 15 is 0 Å². The fraction of sp³-hybridized carbons (Fsp3) is 0.750. The molecular weight excluding hydrogens is 104 g/mol. The van der Waals surface area contributed by atoms with Crippen LogP contribution in [0.1, 0.15) is 6.92 Å². The number of hydrogen-bond acceptors (Lipinski definition) is 3. The number of nitrogens with two attached hydrogens (primary N) is 2. The molecule has 0 amide bonds. The van der Waals surface area contributed by atoms with Gasteiger partial charge in [-0.05, 0) is 6.92 Å². The maximum Gasteiger partial charge on any atom is 0.106 e. The van der Waals surface area contributed by atoms with Crippen LogP contribution in [0.2, 0.25) is 0 Å². The molecule has 0 aromatic heterocycles. The summed E-state index contributed by atoms with van der Waals surface area (Å²) in [5, 5.41) is 3.57. The van der Waals surface area contributed by atoms with Crippen LogP contribution in [0.4, 0.5) is 0 Å². The Bertz CT molecular complexity index is 70.4. The molecule has 0 aliphatic carbocycles. The quantitative estimate of drug-likeness (QED) is 0.247. The highest BCUT2D eigenvalue weighted by Gasteiger charge is 1.90. The maximum absolute atomic E-state index is 5.24. The normalized spacial score (nSPS) is 14.2. The minimum absolute atomic E-state index is 0.204. The molecule has 8 heavy (non-hydrogen) atoms. The zero-order valence-electron chi connectivity index (χ0n) is 4.96. The van der Waals surface area contributed by atoms with Crippen molar-refractivity contribution < 1.29 is 0 Å². The largest absolute Gasteiger partial charge is 0.388 e. The van der Waals surface area contributed by atoms with Gasteiger partial charge < -0.3 is 16.9 Å². The smallest absolute Gasteiger partial charge is 0.106 e. The summed E-state index contributed by atoms with van der Waals surface area (Å²) in [6.45, 7) is 2.49. The predicted octanol–water partition coefficient (Wildman–Crippen LogP) is -1.17. The van der Waals surface area contributed by atoms with Crippen molar-refractivity contribution in [2.45, 2.75) is 13.0 Å². The summed E-state index contributed by atoms with van der Waals surface area (Å²) in [6.07, 6.45) is 1.20. The van der Waals surface area contributed by atoms with Gasteiger partial charge in [0.25, 0.3) is 0 Å². The van der Waals surface area contributed by atoms with Crippen LogP contribution in [-0.4, -0.2) is 18.9 Å². The molecule has 0 saturated heterocycles. The highest BCUT2D eigenvalue weighted by molar-refractivity contribution is 5.50. The minimum atomic E-state index is 0.204. The molecular formula is C4H12N4. The van der Waals surface area contributed by atoms with Gasteiger partial charge in [-0.2, -0.15) is 5.10 Å². The first-order valence-corrected chi connectivity index (χ1v) is 2.50. The van der Waals surface area contributed by atoms with E-state index in [1.807, 2.05) is 6.92 Å². The SMILES string of the molecule is CC(CN)N/N=C\N. The Morgan fingerprint density at radius 3 is 2.88 bits per heavy atom. The second kappa shape index (κ2) is 4.39. The van der Waals surface area contributed by atoms with Crippen molar-refractivity contribution >= 4 is 6.34 Å². The van der Waals surface area contributed by atoms with E-state index in [1.165, 1.54) is 6.34 Å². The summed E-state index contributed by atoms with van der Waals surface area (Å²) in [5.74, 6) is 0. The van der Waals surface area contributed by atoms with Gasteiger partial charge in [-0.15, -0.1) is 0 Å². The average molecular weight is 116 g/mol. The summed E-state index contributed by atoms with van der Waals surface area (Å²) in [5.41, 5.74) is 12.9. The Morgan fingerprint density at radius 1 is 1.88 bits per heavy atom. The van der Waals surface area contributed by atoms with Gasteiger partial charge >= 0.3 is 0 Å². The zero-order valence-corrected chi connectivity index (χ0v) is 4.96. The summed E-state index contributed by atoms with van der Waals surface area (Å²) in [7, 11) is 0. The third-order valence-electron chi connectivity index (χ3n) is 0.723. The highest BCUT2D eigenvalue weighted by Crippen LogP contribution is 1.71. The summed E-state index contributed by atoms with van der Waals surface area (Å²) in [4.78, 5) is 0. The van der Waals surface area contributed by atoms with Gasteiger partial charge in [-0.1, -0.05) is 0 Å². The Balaban J connectivity index is 3.10. The lowest BCUT2D eigenvalue weighted by atomic mass is 10.4. The van der Waals surface area contributed by atoms with E-state index in [0.717, 1.165) is 0 Å². The third-order valence-corrected chi connectivity index (χ3v) is 0.723. The number of nitrogens with one attached hydrogen (secondary N) is 1. The third kappa shape index (κ3) is 3.42. The van der Waals surface area contributed by atoms with Crippen LogP contribution in [-0.2, 0) is 0 Å². The molecule has 48 valence electrons. The molecule has 0 fully saturated rings. The summed E-state index contributed by atoms with van der Waals surface area (Å²) < 4.78 is 0. The Hall–Kier alpha value is -0.770. The molecule has 0 aromatic carbocycles. The number of hydrogen-bond donors (Lipinski definition) is 3. The van der Waals surface area contributed by atoms with Crippen molar-refractivity contribution in [1.29, 1.82) is 0 Å². The number of hydrazone groups is 1. The maximum atomic E-state index is 5.24. The van der Waals surface area contributed by atoms with Crippen molar-refractivity contribution in [3.8, 4) is 0 Å².